The molecule has 1 saturated heterocycles. The van der Waals surface area contributed by atoms with Gasteiger partial charge in [0.25, 0.3) is 0 Å². The largest absolute Gasteiger partial charge is 0.382 e. The first-order valence-electron chi connectivity index (χ1n) is 18.7. The van der Waals surface area contributed by atoms with Gasteiger partial charge in [0, 0.05) is 20.2 Å². The van der Waals surface area contributed by atoms with Crippen LogP contribution in [0.15, 0.2) is 0 Å². The fourth-order valence-corrected chi connectivity index (χ4v) is 14.2. The monoisotopic (exact) mass is 595 g/mol. The lowest BCUT2D eigenvalue weighted by atomic mass is 9.32. The summed E-state index contributed by atoms with van der Waals surface area (Å²) in [6.07, 6.45) is 19.8. The predicted octanol–water partition coefficient (Wildman–Crippen LogP) is 8.91. The Bertz CT molecular complexity index is 1070. The van der Waals surface area contributed by atoms with Gasteiger partial charge in [0.15, 0.2) is 0 Å². The number of likely N-dealkylation sites (tertiary alicyclic amines) is 1. The summed E-state index contributed by atoms with van der Waals surface area (Å²) < 4.78 is 11.3. The number of nitrogens with zero attached hydrogens (tertiary/aromatic N) is 1. The van der Waals surface area contributed by atoms with Crippen molar-refractivity contribution in [2.24, 2.45) is 62.1 Å². The SMILES string of the molecule is COCCOC1CCN(C(=O)[C@]23CC[C@@H](C4(C)CC4)[C@@H]2[C@H]2CC[C@@H]4[C@]5(C)CCCC(C)(C)[C@H]5CC[C@@]4(C)[C@]2(C)CC3)CC1. The normalized spacial score (nSPS) is 48.5. The highest BCUT2D eigenvalue weighted by Gasteiger charge is 2.73. The summed E-state index contributed by atoms with van der Waals surface area (Å²) in [6, 6.07) is 0. The van der Waals surface area contributed by atoms with Crippen molar-refractivity contribution in [1.82, 2.24) is 4.90 Å². The zero-order chi connectivity index (χ0) is 30.5. The van der Waals surface area contributed by atoms with E-state index in [9.17, 15) is 4.79 Å². The third-order valence-corrected chi connectivity index (χ3v) is 16.9. The third-order valence-electron chi connectivity index (χ3n) is 16.9. The van der Waals surface area contributed by atoms with Crippen LogP contribution in [0.25, 0.3) is 0 Å². The van der Waals surface area contributed by atoms with E-state index in [1.54, 1.807) is 7.11 Å². The second-order valence-corrected chi connectivity index (χ2v) is 18.8. The number of ether oxygens (including phenoxy) is 2. The van der Waals surface area contributed by atoms with Gasteiger partial charge in [0.1, 0.15) is 0 Å². The fraction of sp³-hybridized carbons (Fsp3) is 0.974. The van der Waals surface area contributed by atoms with E-state index in [0.29, 0.717) is 58.0 Å². The molecule has 0 aromatic heterocycles. The summed E-state index contributed by atoms with van der Waals surface area (Å²) >= 11 is 0. The number of rotatable bonds is 6. The van der Waals surface area contributed by atoms with Crippen LogP contribution in [-0.2, 0) is 14.3 Å². The molecule has 1 heterocycles. The summed E-state index contributed by atoms with van der Waals surface area (Å²) in [5, 5.41) is 0. The zero-order valence-corrected chi connectivity index (χ0v) is 29.1. The number of hydrogen-bond donors (Lipinski definition) is 0. The molecule has 7 rings (SSSR count). The van der Waals surface area contributed by atoms with Gasteiger partial charge in [-0.2, -0.15) is 0 Å². The van der Waals surface area contributed by atoms with E-state index in [2.05, 4.69) is 46.4 Å². The molecule has 0 aromatic rings. The predicted molar refractivity (Wildman–Crippen MR) is 174 cm³/mol. The molecule has 7 aliphatic rings. The molecule has 6 aliphatic carbocycles. The Kier molecular flexibility index (Phi) is 7.54. The summed E-state index contributed by atoms with van der Waals surface area (Å²) in [5.41, 5.74) is 2.11. The van der Waals surface area contributed by atoms with Crippen LogP contribution >= 0.6 is 0 Å². The molecule has 4 nitrogen and oxygen atoms in total. The van der Waals surface area contributed by atoms with E-state index in [4.69, 9.17) is 9.47 Å². The van der Waals surface area contributed by atoms with Crippen molar-refractivity contribution >= 4 is 5.91 Å². The van der Waals surface area contributed by atoms with E-state index in [1.165, 1.54) is 70.6 Å². The van der Waals surface area contributed by atoms with Gasteiger partial charge in [-0.1, -0.05) is 48.0 Å². The minimum Gasteiger partial charge on any atom is -0.382 e. The zero-order valence-electron chi connectivity index (χ0n) is 29.1. The maximum Gasteiger partial charge on any atom is 0.229 e. The van der Waals surface area contributed by atoms with E-state index >= 15 is 0 Å². The molecular weight excluding hydrogens is 530 g/mol. The van der Waals surface area contributed by atoms with E-state index in [1.807, 2.05) is 0 Å². The Balaban J connectivity index is 1.18. The van der Waals surface area contributed by atoms with Crippen LogP contribution in [0.3, 0.4) is 0 Å². The van der Waals surface area contributed by atoms with Gasteiger partial charge >= 0.3 is 0 Å². The molecule has 43 heavy (non-hydrogen) atoms. The molecule has 244 valence electrons. The standard InChI is InChI=1S/C39H65NO3/c1-34(2)15-8-16-36(4)30(34)12-17-38(6)31(36)10-9-29-32-28(35(3)19-20-35)11-18-39(32,22-21-37(29,38)5)33(41)40-23-13-27(14-24-40)43-26-25-42-7/h27-32H,8-26H2,1-7H3/t28-,29-,30-,31-,32-,36-,37-,38-,39+/m1/s1. The lowest BCUT2D eigenvalue weighted by Gasteiger charge is -2.72. The number of methoxy groups -OCH3 is 1. The highest BCUT2D eigenvalue weighted by Crippen LogP contribution is 2.79. The topological polar surface area (TPSA) is 38.8 Å². The first-order valence-corrected chi connectivity index (χ1v) is 18.7. The van der Waals surface area contributed by atoms with E-state index in [-0.39, 0.29) is 11.5 Å². The Hall–Kier alpha value is -0.610. The van der Waals surface area contributed by atoms with Crippen molar-refractivity contribution in [3.8, 4) is 0 Å². The van der Waals surface area contributed by atoms with Gasteiger partial charge in [-0.25, -0.2) is 0 Å². The summed E-state index contributed by atoms with van der Waals surface area (Å²) in [5.74, 6) is 4.32. The molecule has 1 amide bonds. The van der Waals surface area contributed by atoms with Crippen LogP contribution < -0.4 is 0 Å². The second-order valence-electron chi connectivity index (χ2n) is 18.8. The highest BCUT2D eigenvalue weighted by atomic mass is 16.5. The molecule has 0 aromatic carbocycles. The van der Waals surface area contributed by atoms with E-state index in [0.717, 1.165) is 56.5 Å². The van der Waals surface area contributed by atoms with Gasteiger partial charge < -0.3 is 14.4 Å². The number of carbonyl (C=O) groups is 1. The number of hydrogen-bond acceptors (Lipinski definition) is 3. The lowest BCUT2D eigenvalue weighted by molar-refractivity contribution is -0.239. The average Bonchev–Trinajstić information content (AvgIpc) is 3.58. The lowest BCUT2D eigenvalue weighted by Crippen LogP contribution is -2.66. The quantitative estimate of drug-likeness (QED) is 0.288. The molecule has 1 aliphatic heterocycles. The third kappa shape index (κ3) is 4.43. The molecule has 0 radical (unpaired) electrons. The first-order chi connectivity index (χ1) is 20.3. The fourth-order valence-electron chi connectivity index (χ4n) is 14.2. The number of fused-ring (bicyclic) bond motifs is 7. The van der Waals surface area contributed by atoms with Crippen molar-refractivity contribution < 1.29 is 14.3 Å². The van der Waals surface area contributed by atoms with Crippen molar-refractivity contribution in [2.75, 3.05) is 33.4 Å². The highest BCUT2D eigenvalue weighted by molar-refractivity contribution is 5.84. The van der Waals surface area contributed by atoms with Gasteiger partial charge in [-0.3, -0.25) is 4.79 Å². The van der Waals surface area contributed by atoms with Gasteiger partial charge in [-0.05, 0) is 147 Å². The average molecular weight is 596 g/mol. The van der Waals surface area contributed by atoms with Crippen LogP contribution in [-0.4, -0.2) is 50.3 Å². The van der Waals surface area contributed by atoms with Crippen molar-refractivity contribution in [2.45, 2.75) is 144 Å². The Morgan fingerprint density at radius 2 is 1.44 bits per heavy atom. The Morgan fingerprint density at radius 3 is 2.14 bits per heavy atom. The van der Waals surface area contributed by atoms with E-state index < -0.39 is 0 Å². The molecule has 4 heteroatoms. The molecule has 0 bridgehead atoms. The molecule has 0 spiro atoms. The molecule has 7 fully saturated rings. The second kappa shape index (κ2) is 10.4. The Morgan fingerprint density at radius 1 is 0.698 bits per heavy atom. The van der Waals surface area contributed by atoms with Crippen LogP contribution in [0.2, 0.25) is 0 Å². The van der Waals surface area contributed by atoms with Crippen LogP contribution in [0, 0.1) is 62.1 Å². The van der Waals surface area contributed by atoms with Crippen molar-refractivity contribution in [1.29, 1.82) is 0 Å². The van der Waals surface area contributed by atoms with Gasteiger partial charge in [-0.15, -0.1) is 0 Å². The summed E-state index contributed by atoms with van der Waals surface area (Å²) in [4.78, 5) is 17.2. The van der Waals surface area contributed by atoms with Crippen molar-refractivity contribution in [3.05, 3.63) is 0 Å². The molecule has 9 atom stereocenters. The molecular formula is C39H65NO3. The van der Waals surface area contributed by atoms with Crippen LogP contribution in [0.1, 0.15) is 138 Å². The van der Waals surface area contributed by atoms with Gasteiger partial charge in [0.05, 0.1) is 24.7 Å². The molecule has 0 unspecified atom stereocenters. The van der Waals surface area contributed by atoms with Crippen LogP contribution in [0.5, 0.6) is 0 Å². The number of amides is 1. The maximum atomic E-state index is 14.9. The van der Waals surface area contributed by atoms with Crippen molar-refractivity contribution in [3.63, 3.8) is 0 Å². The minimum atomic E-state index is -0.110. The smallest absolute Gasteiger partial charge is 0.229 e. The summed E-state index contributed by atoms with van der Waals surface area (Å²) in [7, 11) is 1.74. The Labute approximate surface area is 264 Å². The maximum absolute atomic E-state index is 14.9. The number of carbonyl (C=O) groups excluding carboxylic acids is 1. The first kappa shape index (κ1) is 31.0. The minimum absolute atomic E-state index is 0.110. The van der Waals surface area contributed by atoms with Gasteiger partial charge in [0.2, 0.25) is 5.91 Å². The number of piperidine rings is 1. The molecule has 0 N–H and O–H groups in total. The summed E-state index contributed by atoms with van der Waals surface area (Å²) in [6.45, 7) is 19.2. The molecule has 6 saturated carbocycles. The van der Waals surface area contributed by atoms with Crippen LogP contribution in [0.4, 0.5) is 0 Å².